The lowest BCUT2D eigenvalue weighted by atomic mass is 10.0. The van der Waals surface area contributed by atoms with E-state index in [4.69, 9.17) is 9.47 Å². The van der Waals surface area contributed by atoms with Gasteiger partial charge in [0.15, 0.2) is 0 Å². The maximum absolute atomic E-state index is 9.87. The average Bonchev–Trinajstić information content (AvgIpc) is 2.36. The predicted octanol–water partition coefficient (Wildman–Crippen LogP) is 2.34. The second-order valence-corrected chi connectivity index (χ2v) is 4.08. The average molecular weight is 238 g/mol. The molecule has 96 valence electrons. The Bertz CT molecular complexity index is 295. The Kier molecular flexibility index (Phi) is 6.86. The zero-order valence-electron chi connectivity index (χ0n) is 10.7. The zero-order valence-corrected chi connectivity index (χ0v) is 10.7. The third kappa shape index (κ3) is 5.31. The van der Waals surface area contributed by atoms with Gasteiger partial charge in [0.05, 0.1) is 19.8 Å². The number of hydrogen-bond donors (Lipinski definition) is 1. The summed E-state index contributed by atoms with van der Waals surface area (Å²) < 4.78 is 10.2. The van der Waals surface area contributed by atoms with Crippen LogP contribution in [-0.4, -0.2) is 32.0 Å². The van der Waals surface area contributed by atoms with E-state index in [1.807, 2.05) is 12.1 Å². The van der Waals surface area contributed by atoms with Crippen LogP contribution < -0.4 is 0 Å². The number of aliphatic hydroxyl groups excluding tert-OH is 1. The van der Waals surface area contributed by atoms with Crippen molar-refractivity contribution >= 4 is 0 Å². The molecule has 1 atom stereocenters. The maximum Gasteiger partial charge on any atom is 0.102 e. The van der Waals surface area contributed by atoms with Crippen LogP contribution in [0.1, 0.15) is 30.6 Å². The van der Waals surface area contributed by atoms with E-state index >= 15 is 0 Å². The Morgan fingerprint density at radius 2 is 1.88 bits per heavy atom. The molecule has 0 aromatic heterocycles. The number of rotatable bonds is 8. The highest BCUT2D eigenvalue weighted by molar-refractivity contribution is 5.24. The Balaban J connectivity index is 2.37. The molecule has 1 rings (SSSR count). The summed E-state index contributed by atoms with van der Waals surface area (Å²) in [5, 5.41) is 9.87. The summed E-state index contributed by atoms with van der Waals surface area (Å²) in [5.74, 6) is 0. The molecule has 0 saturated heterocycles. The van der Waals surface area contributed by atoms with E-state index in [2.05, 4.69) is 19.1 Å². The molecule has 0 spiro atoms. The Labute approximate surface area is 103 Å². The van der Waals surface area contributed by atoms with Crippen LogP contribution in [0.2, 0.25) is 0 Å². The highest BCUT2D eigenvalue weighted by Gasteiger charge is 2.07. The van der Waals surface area contributed by atoms with Gasteiger partial charge in [-0.3, -0.25) is 0 Å². The molecule has 0 amide bonds. The SMILES string of the molecule is CCCc1ccc(C(O)COCCOC)cc1. The fraction of sp³-hybridized carbons (Fsp3) is 0.571. The summed E-state index contributed by atoms with van der Waals surface area (Å²) in [6, 6.07) is 8.07. The summed E-state index contributed by atoms with van der Waals surface area (Å²) >= 11 is 0. The van der Waals surface area contributed by atoms with Gasteiger partial charge in [0.25, 0.3) is 0 Å². The lowest BCUT2D eigenvalue weighted by molar-refractivity contribution is 0.0126. The minimum Gasteiger partial charge on any atom is -0.386 e. The molecule has 0 radical (unpaired) electrons. The van der Waals surface area contributed by atoms with Crippen LogP contribution in [0.25, 0.3) is 0 Å². The third-order valence-electron chi connectivity index (χ3n) is 2.61. The van der Waals surface area contributed by atoms with Crippen molar-refractivity contribution in [3.8, 4) is 0 Å². The molecule has 0 aliphatic heterocycles. The molecular weight excluding hydrogens is 216 g/mol. The number of aliphatic hydroxyl groups is 1. The summed E-state index contributed by atoms with van der Waals surface area (Å²) in [4.78, 5) is 0. The van der Waals surface area contributed by atoms with Crippen molar-refractivity contribution in [1.29, 1.82) is 0 Å². The molecule has 3 heteroatoms. The molecule has 1 aromatic carbocycles. The van der Waals surface area contributed by atoms with Gasteiger partial charge in [0.2, 0.25) is 0 Å². The molecule has 0 aliphatic carbocycles. The van der Waals surface area contributed by atoms with E-state index in [1.54, 1.807) is 7.11 Å². The van der Waals surface area contributed by atoms with Crippen molar-refractivity contribution in [3.05, 3.63) is 35.4 Å². The topological polar surface area (TPSA) is 38.7 Å². The quantitative estimate of drug-likeness (QED) is 0.706. The minimum absolute atomic E-state index is 0.316. The summed E-state index contributed by atoms with van der Waals surface area (Å²) in [7, 11) is 1.63. The van der Waals surface area contributed by atoms with Gasteiger partial charge in [-0.05, 0) is 17.5 Å². The largest absolute Gasteiger partial charge is 0.386 e. The Morgan fingerprint density at radius 1 is 1.18 bits per heavy atom. The molecular formula is C14H22O3. The number of hydrogen-bond acceptors (Lipinski definition) is 3. The van der Waals surface area contributed by atoms with Gasteiger partial charge in [-0.25, -0.2) is 0 Å². The number of benzene rings is 1. The standard InChI is InChI=1S/C14H22O3/c1-3-4-12-5-7-13(8-6-12)14(15)11-17-10-9-16-2/h5-8,14-15H,3-4,9-11H2,1-2H3. The van der Waals surface area contributed by atoms with Gasteiger partial charge in [0.1, 0.15) is 6.10 Å². The molecule has 0 bridgehead atoms. The summed E-state index contributed by atoms with van der Waals surface area (Å²) in [6.07, 6.45) is 1.67. The fourth-order valence-electron chi connectivity index (χ4n) is 1.63. The minimum atomic E-state index is -0.553. The van der Waals surface area contributed by atoms with Crippen LogP contribution in [0.5, 0.6) is 0 Å². The molecule has 1 unspecified atom stereocenters. The van der Waals surface area contributed by atoms with Crippen LogP contribution in [0.15, 0.2) is 24.3 Å². The van der Waals surface area contributed by atoms with E-state index in [0.717, 1.165) is 18.4 Å². The Morgan fingerprint density at radius 3 is 2.47 bits per heavy atom. The lowest BCUT2D eigenvalue weighted by Crippen LogP contribution is -2.10. The summed E-state index contributed by atoms with van der Waals surface area (Å²) in [5.41, 5.74) is 2.21. The van der Waals surface area contributed by atoms with Gasteiger partial charge < -0.3 is 14.6 Å². The van der Waals surface area contributed by atoms with Crippen LogP contribution in [0, 0.1) is 0 Å². The van der Waals surface area contributed by atoms with Crippen LogP contribution in [0.3, 0.4) is 0 Å². The number of ether oxygens (including phenoxy) is 2. The van der Waals surface area contributed by atoms with Crippen molar-refractivity contribution in [2.75, 3.05) is 26.9 Å². The van der Waals surface area contributed by atoms with Gasteiger partial charge in [0, 0.05) is 7.11 Å². The Hall–Kier alpha value is -0.900. The molecule has 0 saturated carbocycles. The molecule has 0 aliphatic rings. The van der Waals surface area contributed by atoms with Crippen LogP contribution in [0.4, 0.5) is 0 Å². The smallest absolute Gasteiger partial charge is 0.102 e. The molecule has 1 N–H and O–H groups in total. The fourth-order valence-corrected chi connectivity index (χ4v) is 1.63. The molecule has 0 fully saturated rings. The number of aryl methyl sites for hydroxylation is 1. The van der Waals surface area contributed by atoms with E-state index in [1.165, 1.54) is 5.56 Å². The monoisotopic (exact) mass is 238 g/mol. The second-order valence-electron chi connectivity index (χ2n) is 4.08. The van der Waals surface area contributed by atoms with Gasteiger partial charge in [-0.2, -0.15) is 0 Å². The molecule has 17 heavy (non-hydrogen) atoms. The maximum atomic E-state index is 9.87. The van der Waals surface area contributed by atoms with Crippen LogP contribution in [-0.2, 0) is 15.9 Å². The highest BCUT2D eigenvalue weighted by Crippen LogP contribution is 2.14. The third-order valence-corrected chi connectivity index (χ3v) is 2.61. The second kappa shape index (κ2) is 8.23. The molecule has 3 nitrogen and oxygen atoms in total. The van der Waals surface area contributed by atoms with Crippen molar-refractivity contribution in [2.45, 2.75) is 25.9 Å². The predicted molar refractivity (Wildman–Crippen MR) is 68.1 cm³/mol. The first kappa shape index (κ1) is 14.2. The van der Waals surface area contributed by atoms with Crippen LogP contribution >= 0.6 is 0 Å². The van der Waals surface area contributed by atoms with Gasteiger partial charge in [-0.15, -0.1) is 0 Å². The van der Waals surface area contributed by atoms with Crippen molar-refractivity contribution < 1.29 is 14.6 Å². The highest BCUT2D eigenvalue weighted by atomic mass is 16.5. The lowest BCUT2D eigenvalue weighted by Gasteiger charge is -2.12. The van der Waals surface area contributed by atoms with Crippen molar-refractivity contribution in [2.24, 2.45) is 0 Å². The zero-order chi connectivity index (χ0) is 12.5. The first-order chi connectivity index (χ1) is 8.27. The van der Waals surface area contributed by atoms with Gasteiger partial charge in [-0.1, -0.05) is 37.6 Å². The van der Waals surface area contributed by atoms with Crippen molar-refractivity contribution in [1.82, 2.24) is 0 Å². The first-order valence-electron chi connectivity index (χ1n) is 6.11. The van der Waals surface area contributed by atoms with E-state index in [0.29, 0.717) is 19.8 Å². The van der Waals surface area contributed by atoms with E-state index in [-0.39, 0.29) is 0 Å². The molecule has 1 aromatic rings. The first-order valence-corrected chi connectivity index (χ1v) is 6.11. The van der Waals surface area contributed by atoms with Crippen molar-refractivity contribution in [3.63, 3.8) is 0 Å². The normalized spacial score (nSPS) is 12.6. The van der Waals surface area contributed by atoms with E-state index in [9.17, 15) is 5.11 Å². The van der Waals surface area contributed by atoms with Gasteiger partial charge >= 0.3 is 0 Å². The number of methoxy groups -OCH3 is 1. The van der Waals surface area contributed by atoms with E-state index < -0.39 is 6.10 Å². The summed E-state index contributed by atoms with van der Waals surface area (Å²) in [6.45, 7) is 3.55. The molecule has 0 heterocycles.